The first-order valence-corrected chi connectivity index (χ1v) is 5.64. The van der Waals surface area contributed by atoms with E-state index < -0.39 is 6.61 Å². The lowest BCUT2D eigenvalue weighted by atomic mass is 10.2. The highest BCUT2D eigenvalue weighted by molar-refractivity contribution is 5.94. The first-order chi connectivity index (χ1) is 9.08. The van der Waals surface area contributed by atoms with E-state index in [1.807, 2.05) is 0 Å². The van der Waals surface area contributed by atoms with E-state index in [1.165, 1.54) is 25.3 Å². The SMILES string of the molecule is CNCCNC(=O)c1ccc(OC)c(OC(F)F)c1. The second-order valence-electron chi connectivity index (χ2n) is 3.60. The number of halogens is 2. The van der Waals surface area contributed by atoms with Gasteiger partial charge < -0.3 is 20.1 Å². The number of hydrogen-bond acceptors (Lipinski definition) is 4. The minimum atomic E-state index is -2.98. The second-order valence-corrected chi connectivity index (χ2v) is 3.60. The average Bonchev–Trinajstić information content (AvgIpc) is 2.38. The normalized spacial score (nSPS) is 10.4. The molecule has 0 bridgehead atoms. The Morgan fingerprint density at radius 3 is 2.63 bits per heavy atom. The van der Waals surface area contributed by atoms with Crippen molar-refractivity contribution >= 4 is 5.91 Å². The van der Waals surface area contributed by atoms with Gasteiger partial charge in [0.05, 0.1) is 7.11 Å². The molecule has 0 radical (unpaired) electrons. The summed E-state index contributed by atoms with van der Waals surface area (Å²) in [5, 5.41) is 5.50. The van der Waals surface area contributed by atoms with Crippen LogP contribution in [0.4, 0.5) is 8.78 Å². The first kappa shape index (κ1) is 15.2. The van der Waals surface area contributed by atoms with Crippen LogP contribution in [0.2, 0.25) is 0 Å². The van der Waals surface area contributed by atoms with E-state index in [4.69, 9.17) is 4.74 Å². The number of carbonyl (C=O) groups excluding carboxylic acids is 1. The van der Waals surface area contributed by atoms with Crippen LogP contribution in [0.3, 0.4) is 0 Å². The molecule has 2 N–H and O–H groups in total. The van der Waals surface area contributed by atoms with Gasteiger partial charge in [-0.2, -0.15) is 8.78 Å². The minimum absolute atomic E-state index is 0.145. The smallest absolute Gasteiger partial charge is 0.387 e. The molecule has 19 heavy (non-hydrogen) atoms. The number of likely N-dealkylation sites (N-methyl/N-ethyl adjacent to an activating group) is 1. The summed E-state index contributed by atoms with van der Waals surface area (Å²) in [5.41, 5.74) is 0.229. The maximum Gasteiger partial charge on any atom is 0.387 e. The van der Waals surface area contributed by atoms with Gasteiger partial charge >= 0.3 is 6.61 Å². The van der Waals surface area contributed by atoms with Gasteiger partial charge in [-0.1, -0.05) is 0 Å². The molecule has 0 unspecified atom stereocenters. The molecule has 5 nitrogen and oxygen atoms in total. The lowest BCUT2D eigenvalue weighted by molar-refractivity contribution is -0.0512. The van der Waals surface area contributed by atoms with Crippen molar-refractivity contribution in [1.82, 2.24) is 10.6 Å². The summed E-state index contributed by atoms with van der Waals surface area (Å²) in [5.74, 6) is -0.386. The quantitative estimate of drug-likeness (QED) is 0.735. The highest BCUT2D eigenvalue weighted by atomic mass is 19.3. The van der Waals surface area contributed by atoms with E-state index in [9.17, 15) is 13.6 Å². The van der Waals surface area contributed by atoms with Gasteiger partial charge in [-0.3, -0.25) is 4.79 Å². The molecule has 106 valence electrons. The lowest BCUT2D eigenvalue weighted by Crippen LogP contribution is -2.30. The molecule has 0 spiro atoms. The fraction of sp³-hybridized carbons (Fsp3) is 0.417. The number of rotatable bonds is 7. The second kappa shape index (κ2) is 7.52. The molecular formula is C12H16F2N2O3. The number of methoxy groups -OCH3 is 1. The molecule has 1 aromatic rings. The average molecular weight is 274 g/mol. The fourth-order valence-corrected chi connectivity index (χ4v) is 1.41. The predicted octanol–water partition coefficient (Wildman–Crippen LogP) is 1.25. The molecule has 0 aromatic heterocycles. The van der Waals surface area contributed by atoms with Crippen molar-refractivity contribution in [2.75, 3.05) is 27.2 Å². The third-order valence-corrected chi connectivity index (χ3v) is 2.30. The van der Waals surface area contributed by atoms with Gasteiger partial charge in [-0.15, -0.1) is 0 Å². The van der Waals surface area contributed by atoms with E-state index in [-0.39, 0.29) is 23.0 Å². The Balaban J connectivity index is 2.81. The zero-order valence-corrected chi connectivity index (χ0v) is 10.7. The summed E-state index contributed by atoms with van der Waals surface area (Å²) in [6, 6.07) is 4.11. The van der Waals surface area contributed by atoms with Gasteiger partial charge in [0.1, 0.15) is 0 Å². The van der Waals surface area contributed by atoms with E-state index >= 15 is 0 Å². The van der Waals surface area contributed by atoms with Crippen molar-refractivity contribution < 1.29 is 23.0 Å². The van der Waals surface area contributed by atoms with Crippen molar-refractivity contribution in [2.45, 2.75) is 6.61 Å². The van der Waals surface area contributed by atoms with Crippen LogP contribution in [0.5, 0.6) is 11.5 Å². The molecule has 0 fully saturated rings. The van der Waals surface area contributed by atoms with Crippen LogP contribution >= 0.6 is 0 Å². The van der Waals surface area contributed by atoms with Crippen molar-refractivity contribution in [2.24, 2.45) is 0 Å². The zero-order valence-electron chi connectivity index (χ0n) is 10.7. The van der Waals surface area contributed by atoms with Crippen LogP contribution in [0.1, 0.15) is 10.4 Å². The molecule has 0 aliphatic heterocycles. The predicted molar refractivity (Wildman–Crippen MR) is 65.9 cm³/mol. The number of alkyl halides is 2. The third-order valence-electron chi connectivity index (χ3n) is 2.30. The Kier molecular flexibility index (Phi) is 6.01. The summed E-state index contributed by atoms with van der Waals surface area (Å²) < 4.78 is 33.6. The molecule has 0 aliphatic rings. The van der Waals surface area contributed by atoms with Crippen molar-refractivity contribution in [1.29, 1.82) is 0 Å². The Labute approximate surface area is 109 Å². The Morgan fingerprint density at radius 1 is 1.32 bits per heavy atom. The van der Waals surface area contributed by atoms with Gasteiger partial charge in [-0.25, -0.2) is 0 Å². The Hall–Kier alpha value is -1.89. The standard InChI is InChI=1S/C12H16F2N2O3/c1-15-5-6-16-11(17)8-3-4-9(18-2)10(7-8)19-12(13)14/h3-4,7,12,15H,5-6H2,1-2H3,(H,16,17). The number of benzene rings is 1. The highest BCUT2D eigenvalue weighted by Crippen LogP contribution is 2.29. The maximum absolute atomic E-state index is 12.2. The van der Waals surface area contributed by atoms with Crippen LogP contribution < -0.4 is 20.1 Å². The van der Waals surface area contributed by atoms with Crippen LogP contribution in [-0.4, -0.2) is 39.8 Å². The molecule has 7 heteroatoms. The highest BCUT2D eigenvalue weighted by Gasteiger charge is 2.14. The van der Waals surface area contributed by atoms with Gasteiger partial charge in [0.15, 0.2) is 11.5 Å². The molecule has 0 aliphatic carbocycles. The summed E-state index contributed by atoms with van der Waals surface area (Å²) in [4.78, 5) is 11.7. The third kappa shape index (κ3) is 4.70. The maximum atomic E-state index is 12.2. The van der Waals surface area contributed by atoms with Crippen LogP contribution in [0.15, 0.2) is 18.2 Å². The van der Waals surface area contributed by atoms with Crippen molar-refractivity contribution in [3.63, 3.8) is 0 Å². The van der Waals surface area contributed by atoms with E-state index in [1.54, 1.807) is 7.05 Å². The van der Waals surface area contributed by atoms with Crippen molar-refractivity contribution in [3.8, 4) is 11.5 Å². The Morgan fingerprint density at radius 2 is 2.05 bits per heavy atom. The van der Waals surface area contributed by atoms with Crippen molar-refractivity contribution in [3.05, 3.63) is 23.8 Å². The van der Waals surface area contributed by atoms with E-state index in [0.717, 1.165) is 0 Å². The number of nitrogens with one attached hydrogen (secondary N) is 2. The van der Waals surface area contributed by atoms with Gasteiger partial charge in [0.2, 0.25) is 0 Å². The molecule has 0 atom stereocenters. The topological polar surface area (TPSA) is 59.6 Å². The summed E-state index contributed by atoms with van der Waals surface area (Å²) in [6.45, 7) is -1.93. The fourth-order valence-electron chi connectivity index (χ4n) is 1.41. The van der Waals surface area contributed by atoms with E-state index in [2.05, 4.69) is 15.4 Å². The largest absolute Gasteiger partial charge is 0.493 e. The molecular weight excluding hydrogens is 258 g/mol. The lowest BCUT2D eigenvalue weighted by Gasteiger charge is -2.11. The molecule has 0 saturated heterocycles. The van der Waals surface area contributed by atoms with Gasteiger partial charge in [0.25, 0.3) is 5.91 Å². The van der Waals surface area contributed by atoms with E-state index in [0.29, 0.717) is 13.1 Å². The molecule has 1 rings (SSSR count). The summed E-state index contributed by atoms with van der Waals surface area (Å²) in [6.07, 6.45) is 0. The molecule has 0 heterocycles. The molecule has 0 saturated carbocycles. The van der Waals surface area contributed by atoms with Crippen LogP contribution in [0.25, 0.3) is 0 Å². The minimum Gasteiger partial charge on any atom is -0.493 e. The van der Waals surface area contributed by atoms with Gasteiger partial charge in [-0.05, 0) is 25.2 Å². The van der Waals surface area contributed by atoms with Crippen LogP contribution in [-0.2, 0) is 0 Å². The molecule has 1 amide bonds. The Bertz CT molecular complexity index is 427. The number of amides is 1. The number of hydrogen-bond donors (Lipinski definition) is 2. The summed E-state index contributed by atoms with van der Waals surface area (Å²) >= 11 is 0. The van der Waals surface area contributed by atoms with Crippen LogP contribution in [0, 0.1) is 0 Å². The zero-order chi connectivity index (χ0) is 14.3. The first-order valence-electron chi connectivity index (χ1n) is 5.64. The monoisotopic (exact) mass is 274 g/mol. The number of ether oxygens (including phenoxy) is 2. The van der Waals surface area contributed by atoms with Gasteiger partial charge in [0, 0.05) is 18.7 Å². The number of carbonyl (C=O) groups is 1. The summed E-state index contributed by atoms with van der Waals surface area (Å²) in [7, 11) is 3.09. The molecule has 1 aromatic carbocycles.